The van der Waals surface area contributed by atoms with Crippen LogP contribution in [0.15, 0.2) is 12.2 Å². The van der Waals surface area contributed by atoms with E-state index in [0.29, 0.717) is 18.9 Å². The Morgan fingerprint density at radius 1 is 1.75 bits per heavy atom. The number of ether oxygens (including phenoxy) is 1. The van der Waals surface area contributed by atoms with Crippen LogP contribution >= 0.6 is 0 Å². The minimum Gasteiger partial charge on any atom is -0.392 e. The highest BCUT2D eigenvalue weighted by atomic mass is 16.5. The summed E-state index contributed by atoms with van der Waals surface area (Å²) in [6.45, 7) is 7.31. The van der Waals surface area contributed by atoms with Gasteiger partial charge in [-0.15, -0.1) is 6.58 Å². The lowest BCUT2D eigenvalue weighted by molar-refractivity contribution is -0.00838. The van der Waals surface area contributed by atoms with Gasteiger partial charge in [-0.25, -0.2) is 0 Å². The molecule has 1 rings (SSSR count). The standard InChI is InChI=1S/C10H18O2/c1-8(2)6-10(11)9-4-3-5-12-7-9/h9-11H,1,3-7H2,2H3. The van der Waals surface area contributed by atoms with Crippen molar-refractivity contribution in [3.8, 4) is 0 Å². The SMILES string of the molecule is C=C(C)CC(O)C1CCCOC1. The largest absolute Gasteiger partial charge is 0.392 e. The summed E-state index contributed by atoms with van der Waals surface area (Å²) in [6, 6.07) is 0. The van der Waals surface area contributed by atoms with Gasteiger partial charge in [-0.2, -0.15) is 0 Å². The van der Waals surface area contributed by atoms with E-state index >= 15 is 0 Å². The molecular formula is C10H18O2. The van der Waals surface area contributed by atoms with Crippen molar-refractivity contribution in [3.63, 3.8) is 0 Å². The van der Waals surface area contributed by atoms with Crippen molar-refractivity contribution in [1.29, 1.82) is 0 Å². The zero-order valence-electron chi connectivity index (χ0n) is 7.75. The van der Waals surface area contributed by atoms with Crippen molar-refractivity contribution in [2.24, 2.45) is 5.92 Å². The fourth-order valence-electron chi connectivity index (χ4n) is 1.59. The van der Waals surface area contributed by atoms with Crippen LogP contribution in [0.5, 0.6) is 0 Å². The van der Waals surface area contributed by atoms with Gasteiger partial charge >= 0.3 is 0 Å². The van der Waals surface area contributed by atoms with E-state index < -0.39 is 0 Å². The molecule has 0 bridgehead atoms. The van der Waals surface area contributed by atoms with E-state index in [0.717, 1.165) is 25.0 Å². The molecule has 2 atom stereocenters. The monoisotopic (exact) mass is 170 g/mol. The minimum atomic E-state index is -0.247. The van der Waals surface area contributed by atoms with Gasteiger partial charge in [-0.3, -0.25) is 0 Å². The highest BCUT2D eigenvalue weighted by Gasteiger charge is 2.21. The molecule has 0 spiro atoms. The van der Waals surface area contributed by atoms with Crippen LogP contribution < -0.4 is 0 Å². The lowest BCUT2D eigenvalue weighted by Gasteiger charge is -2.26. The highest BCUT2D eigenvalue weighted by molar-refractivity contribution is 4.92. The van der Waals surface area contributed by atoms with Crippen LogP contribution in [0.1, 0.15) is 26.2 Å². The van der Waals surface area contributed by atoms with Gasteiger partial charge in [-0.1, -0.05) is 5.57 Å². The normalized spacial score (nSPS) is 26.7. The number of aliphatic hydroxyl groups is 1. The second-order valence-corrected chi connectivity index (χ2v) is 3.71. The van der Waals surface area contributed by atoms with Crippen LogP contribution in [-0.4, -0.2) is 24.4 Å². The Hall–Kier alpha value is -0.340. The molecule has 1 fully saturated rings. The summed E-state index contributed by atoms with van der Waals surface area (Å²) in [5.74, 6) is 0.329. The van der Waals surface area contributed by atoms with E-state index in [1.54, 1.807) is 0 Å². The third-order valence-electron chi connectivity index (χ3n) is 2.30. The van der Waals surface area contributed by atoms with Gasteiger partial charge < -0.3 is 9.84 Å². The Kier molecular flexibility index (Phi) is 3.76. The third kappa shape index (κ3) is 2.95. The molecule has 0 saturated carbocycles. The molecule has 0 aromatic rings. The van der Waals surface area contributed by atoms with Gasteiger partial charge in [0.05, 0.1) is 12.7 Å². The van der Waals surface area contributed by atoms with Crippen molar-refractivity contribution < 1.29 is 9.84 Å². The number of aliphatic hydroxyl groups excluding tert-OH is 1. The fourth-order valence-corrected chi connectivity index (χ4v) is 1.59. The first-order valence-electron chi connectivity index (χ1n) is 4.60. The van der Waals surface area contributed by atoms with Gasteiger partial charge in [0.1, 0.15) is 0 Å². The molecule has 0 aliphatic carbocycles. The van der Waals surface area contributed by atoms with Crippen molar-refractivity contribution in [1.82, 2.24) is 0 Å². The molecule has 2 nitrogen and oxygen atoms in total. The van der Waals surface area contributed by atoms with Gasteiger partial charge in [0.2, 0.25) is 0 Å². The molecule has 0 aromatic carbocycles. The zero-order chi connectivity index (χ0) is 8.97. The topological polar surface area (TPSA) is 29.5 Å². The Labute approximate surface area is 74.2 Å². The van der Waals surface area contributed by atoms with Crippen molar-refractivity contribution in [2.45, 2.75) is 32.3 Å². The molecule has 1 saturated heterocycles. The smallest absolute Gasteiger partial charge is 0.0627 e. The minimum absolute atomic E-state index is 0.247. The van der Waals surface area contributed by atoms with Crippen LogP contribution in [0.2, 0.25) is 0 Å². The van der Waals surface area contributed by atoms with E-state index in [-0.39, 0.29) is 6.10 Å². The van der Waals surface area contributed by atoms with E-state index in [1.807, 2.05) is 6.92 Å². The number of hydrogen-bond acceptors (Lipinski definition) is 2. The first-order chi connectivity index (χ1) is 5.70. The average Bonchev–Trinajstić information content (AvgIpc) is 2.05. The maximum absolute atomic E-state index is 9.70. The molecule has 2 heteroatoms. The van der Waals surface area contributed by atoms with Gasteiger partial charge in [-0.05, 0) is 26.2 Å². The van der Waals surface area contributed by atoms with Gasteiger partial charge in [0.15, 0.2) is 0 Å². The third-order valence-corrected chi connectivity index (χ3v) is 2.30. The lowest BCUT2D eigenvalue weighted by atomic mass is 9.92. The summed E-state index contributed by atoms with van der Waals surface area (Å²) in [7, 11) is 0. The molecular weight excluding hydrogens is 152 g/mol. The summed E-state index contributed by atoms with van der Waals surface area (Å²) in [5.41, 5.74) is 1.05. The molecule has 1 aliphatic heterocycles. The predicted molar refractivity (Wildman–Crippen MR) is 49.0 cm³/mol. The molecule has 1 aliphatic rings. The fraction of sp³-hybridized carbons (Fsp3) is 0.800. The van der Waals surface area contributed by atoms with Crippen molar-refractivity contribution in [2.75, 3.05) is 13.2 Å². The molecule has 0 amide bonds. The second-order valence-electron chi connectivity index (χ2n) is 3.71. The van der Waals surface area contributed by atoms with Crippen molar-refractivity contribution in [3.05, 3.63) is 12.2 Å². The molecule has 2 unspecified atom stereocenters. The summed E-state index contributed by atoms with van der Waals surface area (Å²) >= 11 is 0. The Morgan fingerprint density at radius 3 is 3.00 bits per heavy atom. The van der Waals surface area contributed by atoms with Crippen LogP contribution in [0.3, 0.4) is 0 Å². The molecule has 70 valence electrons. The van der Waals surface area contributed by atoms with E-state index in [4.69, 9.17) is 4.74 Å². The molecule has 0 radical (unpaired) electrons. The van der Waals surface area contributed by atoms with Crippen LogP contribution in [0.4, 0.5) is 0 Å². The Morgan fingerprint density at radius 2 is 2.50 bits per heavy atom. The Bertz CT molecular complexity index is 148. The first kappa shape index (κ1) is 9.75. The second kappa shape index (κ2) is 4.63. The molecule has 12 heavy (non-hydrogen) atoms. The highest BCUT2D eigenvalue weighted by Crippen LogP contribution is 2.20. The van der Waals surface area contributed by atoms with E-state index in [9.17, 15) is 5.11 Å². The van der Waals surface area contributed by atoms with E-state index in [2.05, 4.69) is 6.58 Å². The quantitative estimate of drug-likeness (QED) is 0.654. The average molecular weight is 170 g/mol. The summed E-state index contributed by atoms with van der Waals surface area (Å²) < 4.78 is 5.30. The number of hydrogen-bond donors (Lipinski definition) is 1. The van der Waals surface area contributed by atoms with E-state index in [1.165, 1.54) is 0 Å². The molecule has 1 N–H and O–H groups in total. The lowest BCUT2D eigenvalue weighted by Crippen LogP contribution is -2.29. The van der Waals surface area contributed by atoms with Crippen LogP contribution in [0.25, 0.3) is 0 Å². The van der Waals surface area contributed by atoms with Gasteiger partial charge in [0.25, 0.3) is 0 Å². The zero-order valence-corrected chi connectivity index (χ0v) is 7.75. The van der Waals surface area contributed by atoms with Crippen LogP contribution in [-0.2, 0) is 4.74 Å². The molecule has 1 heterocycles. The summed E-state index contributed by atoms with van der Waals surface area (Å²) in [4.78, 5) is 0. The summed E-state index contributed by atoms with van der Waals surface area (Å²) in [6.07, 6.45) is 2.64. The Balaban J connectivity index is 2.29. The summed E-state index contributed by atoms with van der Waals surface area (Å²) in [5, 5.41) is 9.70. The van der Waals surface area contributed by atoms with Crippen LogP contribution in [0, 0.1) is 5.92 Å². The van der Waals surface area contributed by atoms with Crippen molar-refractivity contribution >= 4 is 0 Å². The molecule has 0 aromatic heterocycles. The van der Waals surface area contributed by atoms with Gasteiger partial charge in [0, 0.05) is 12.5 Å². The maximum Gasteiger partial charge on any atom is 0.0627 e. The first-order valence-corrected chi connectivity index (χ1v) is 4.60. The predicted octanol–water partition coefficient (Wildman–Crippen LogP) is 1.74. The number of rotatable bonds is 3. The maximum atomic E-state index is 9.70.